The minimum absolute atomic E-state index is 0.00312. The third-order valence-corrected chi connectivity index (χ3v) is 8.72. The maximum atomic E-state index is 14.3. The molecule has 0 saturated heterocycles. The first kappa shape index (κ1) is 31.9. The van der Waals surface area contributed by atoms with E-state index < -0.39 is 41.4 Å². The second-order valence-corrected chi connectivity index (χ2v) is 11.9. The summed E-state index contributed by atoms with van der Waals surface area (Å²) in [6.45, 7) is 5.60. The molecular formula is C32H40ClN5O5. The van der Waals surface area contributed by atoms with Crippen LogP contribution in [0.4, 0.5) is 4.79 Å². The van der Waals surface area contributed by atoms with Gasteiger partial charge in [-0.3, -0.25) is 19.3 Å². The van der Waals surface area contributed by atoms with Crippen molar-refractivity contribution in [1.29, 1.82) is 0 Å². The molecule has 0 radical (unpaired) electrons. The Morgan fingerprint density at radius 3 is 2.49 bits per heavy atom. The Bertz CT molecular complexity index is 1490. The quantitative estimate of drug-likeness (QED) is 0.204. The van der Waals surface area contributed by atoms with Gasteiger partial charge in [0.1, 0.15) is 17.6 Å². The molecule has 0 fully saturated rings. The van der Waals surface area contributed by atoms with Crippen molar-refractivity contribution in [2.24, 2.45) is 11.7 Å². The number of carbonyl (C=O) groups is 4. The Labute approximate surface area is 256 Å². The smallest absolute Gasteiger partial charge is 0.408 e. The van der Waals surface area contributed by atoms with Crippen molar-refractivity contribution < 1.29 is 24.3 Å². The van der Waals surface area contributed by atoms with Crippen LogP contribution in [0.15, 0.2) is 48.5 Å². The zero-order chi connectivity index (χ0) is 31.3. The van der Waals surface area contributed by atoms with E-state index in [1.54, 1.807) is 18.2 Å². The van der Waals surface area contributed by atoms with Crippen LogP contribution in [0.5, 0.6) is 0 Å². The first-order valence-corrected chi connectivity index (χ1v) is 15.1. The normalized spacial score (nSPS) is 18.2. The molecule has 4 atom stereocenters. The summed E-state index contributed by atoms with van der Waals surface area (Å²) in [4.78, 5) is 57.7. The molecule has 230 valence electrons. The van der Waals surface area contributed by atoms with E-state index in [0.29, 0.717) is 30.7 Å². The van der Waals surface area contributed by atoms with E-state index in [1.807, 2.05) is 51.1 Å². The number of nitrogens with zero attached hydrogens (tertiary/aromatic N) is 1. The number of H-pyrrole nitrogens is 1. The number of carbonyl (C=O) groups excluding carboxylic acids is 3. The average molecular weight is 610 g/mol. The molecule has 43 heavy (non-hydrogen) atoms. The summed E-state index contributed by atoms with van der Waals surface area (Å²) in [7, 11) is 0. The van der Waals surface area contributed by atoms with Crippen LogP contribution in [0.25, 0.3) is 10.9 Å². The molecule has 1 heterocycles. The molecule has 0 unspecified atom stereocenters. The van der Waals surface area contributed by atoms with Crippen molar-refractivity contribution >= 4 is 46.3 Å². The van der Waals surface area contributed by atoms with Crippen molar-refractivity contribution in [2.75, 3.05) is 0 Å². The molecule has 1 aromatic heterocycles. The molecule has 3 aromatic rings. The zero-order valence-corrected chi connectivity index (χ0v) is 25.5. The van der Waals surface area contributed by atoms with Gasteiger partial charge in [0.2, 0.25) is 17.7 Å². The van der Waals surface area contributed by atoms with Crippen LogP contribution < -0.4 is 16.4 Å². The highest BCUT2D eigenvalue weighted by Gasteiger charge is 2.47. The summed E-state index contributed by atoms with van der Waals surface area (Å²) in [6, 6.07) is 12.5. The second-order valence-electron chi connectivity index (χ2n) is 11.5. The van der Waals surface area contributed by atoms with E-state index in [-0.39, 0.29) is 25.3 Å². The fourth-order valence-electron chi connectivity index (χ4n) is 5.95. The van der Waals surface area contributed by atoms with E-state index in [1.165, 1.54) is 0 Å². The van der Waals surface area contributed by atoms with Crippen molar-refractivity contribution in [3.05, 3.63) is 70.4 Å². The lowest BCUT2D eigenvalue weighted by atomic mass is 9.78. The van der Waals surface area contributed by atoms with Gasteiger partial charge in [-0.05, 0) is 54.5 Å². The lowest BCUT2D eigenvalue weighted by molar-refractivity contribution is -0.138. The maximum absolute atomic E-state index is 14.3. The summed E-state index contributed by atoms with van der Waals surface area (Å²) in [5.74, 6) is -2.13. The third kappa shape index (κ3) is 6.96. The molecule has 4 amide bonds. The molecule has 6 N–H and O–H groups in total. The van der Waals surface area contributed by atoms with Crippen molar-refractivity contribution in [1.82, 2.24) is 20.5 Å². The van der Waals surface area contributed by atoms with E-state index >= 15 is 0 Å². The van der Waals surface area contributed by atoms with E-state index in [9.17, 15) is 24.3 Å². The number of hydrogen-bond donors (Lipinski definition) is 5. The molecule has 4 rings (SSSR count). The summed E-state index contributed by atoms with van der Waals surface area (Å²) >= 11 is 6.32. The van der Waals surface area contributed by atoms with E-state index in [0.717, 1.165) is 32.6 Å². The predicted molar refractivity (Wildman–Crippen MR) is 165 cm³/mol. The Balaban J connectivity index is 1.75. The fraction of sp³-hybridized carbons (Fsp3) is 0.438. The predicted octanol–water partition coefficient (Wildman–Crippen LogP) is 4.53. The van der Waals surface area contributed by atoms with Gasteiger partial charge in [-0.1, -0.05) is 75.5 Å². The Morgan fingerprint density at radius 1 is 1.14 bits per heavy atom. The molecule has 0 spiro atoms. The van der Waals surface area contributed by atoms with Crippen LogP contribution in [0.2, 0.25) is 5.02 Å². The van der Waals surface area contributed by atoms with Crippen molar-refractivity contribution in [2.45, 2.75) is 83.5 Å². The average Bonchev–Trinajstić information content (AvgIpc) is 3.33. The van der Waals surface area contributed by atoms with Gasteiger partial charge in [-0.15, -0.1) is 0 Å². The van der Waals surface area contributed by atoms with Gasteiger partial charge in [0.05, 0.1) is 0 Å². The third-order valence-electron chi connectivity index (χ3n) is 8.49. The molecule has 0 saturated carbocycles. The first-order valence-electron chi connectivity index (χ1n) is 14.7. The molecule has 1 aliphatic carbocycles. The van der Waals surface area contributed by atoms with Crippen molar-refractivity contribution in [3.8, 4) is 0 Å². The molecule has 0 bridgehead atoms. The molecule has 11 heteroatoms. The van der Waals surface area contributed by atoms with Crippen LogP contribution in [0, 0.1) is 5.92 Å². The van der Waals surface area contributed by atoms with Crippen LogP contribution in [-0.4, -0.2) is 56.4 Å². The van der Waals surface area contributed by atoms with Gasteiger partial charge in [0.25, 0.3) is 0 Å². The lowest BCUT2D eigenvalue weighted by Crippen LogP contribution is -2.66. The van der Waals surface area contributed by atoms with Crippen LogP contribution in [0.1, 0.15) is 63.3 Å². The number of benzene rings is 2. The topological polar surface area (TPSA) is 158 Å². The number of carboxylic acid groups (broad SMARTS) is 1. The highest BCUT2D eigenvalue weighted by molar-refractivity contribution is 6.31. The number of rotatable bonds is 12. The number of aromatic amines is 1. The lowest BCUT2D eigenvalue weighted by Gasteiger charge is -2.40. The van der Waals surface area contributed by atoms with Gasteiger partial charge in [-0.25, -0.2) is 4.79 Å². The number of aromatic nitrogens is 1. The molecule has 10 nitrogen and oxygen atoms in total. The summed E-state index contributed by atoms with van der Waals surface area (Å²) in [5, 5.41) is 17.4. The van der Waals surface area contributed by atoms with Gasteiger partial charge >= 0.3 is 6.09 Å². The van der Waals surface area contributed by atoms with Gasteiger partial charge in [0.15, 0.2) is 0 Å². The minimum atomic E-state index is -1.47. The molecule has 0 aliphatic heterocycles. The monoisotopic (exact) mass is 609 g/mol. The highest BCUT2D eigenvalue weighted by atomic mass is 35.5. The first-order chi connectivity index (χ1) is 20.5. The van der Waals surface area contributed by atoms with E-state index in [2.05, 4.69) is 15.6 Å². The van der Waals surface area contributed by atoms with Crippen molar-refractivity contribution in [3.63, 3.8) is 0 Å². The largest absolute Gasteiger partial charge is 0.465 e. The number of halogens is 1. The Hall–Kier alpha value is -4.05. The van der Waals surface area contributed by atoms with Gasteiger partial charge in [-0.2, -0.15) is 0 Å². The number of amides is 4. The van der Waals surface area contributed by atoms with Crippen LogP contribution in [-0.2, 0) is 33.8 Å². The number of nitrogens with one attached hydrogen (secondary N) is 3. The second kappa shape index (κ2) is 13.5. The summed E-state index contributed by atoms with van der Waals surface area (Å²) in [5.41, 5.74) is 7.51. The fourth-order valence-corrected chi connectivity index (χ4v) is 6.12. The van der Waals surface area contributed by atoms with Crippen LogP contribution >= 0.6 is 11.6 Å². The molecule has 1 aliphatic rings. The number of nitrogens with two attached hydrogens (primary N) is 1. The highest BCUT2D eigenvalue weighted by Crippen LogP contribution is 2.36. The van der Waals surface area contributed by atoms with E-state index in [4.69, 9.17) is 17.3 Å². The standard InChI is InChI=1S/C32H40ClN5O5/c1-4-9-26(28(34)39)36-30(41)32(15-14-25-23(17-32)22-16-21(33)12-13-24(22)35-25)37-29(40)27(19(3)5-2)38(31(42)43)18-20-10-7-6-8-11-20/h6-8,10-13,16,19,26-27,35H,4-5,9,14-15,17-18H2,1-3H3,(H2,34,39)(H,36,41)(H,37,40)(H,42,43)/t19-,26-,27-,32+/m0/s1. The molecular weight excluding hydrogens is 570 g/mol. The number of fused-ring (bicyclic) bond motifs is 3. The van der Waals surface area contributed by atoms with Gasteiger partial charge in [0, 0.05) is 34.6 Å². The minimum Gasteiger partial charge on any atom is -0.465 e. The number of hydrogen-bond acceptors (Lipinski definition) is 4. The zero-order valence-electron chi connectivity index (χ0n) is 24.8. The summed E-state index contributed by atoms with van der Waals surface area (Å²) < 4.78 is 0. The maximum Gasteiger partial charge on any atom is 0.408 e. The Kier molecular flexibility index (Phi) is 10.0. The number of aryl methyl sites for hydroxylation is 1. The SMILES string of the molecule is CCC[C@H](NC(=O)[C@@]1(NC(=O)[C@H]([C@@H](C)CC)N(Cc2ccccc2)C(=O)O)CCc2[nH]c3ccc(Cl)cc3c2C1)C(N)=O. The Morgan fingerprint density at radius 2 is 1.86 bits per heavy atom. The number of primary amides is 1. The van der Waals surface area contributed by atoms with Crippen LogP contribution in [0.3, 0.4) is 0 Å². The summed E-state index contributed by atoms with van der Waals surface area (Å²) in [6.07, 6.45) is 1.04. The van der Waals surface area contributed by atoms with Gasteiger partial charge < -0.3 is 26.5 Å². The molecule has 2 aromatic carbocycles.